The van der Waals surface area contributed by atoms with Crippen molar-refractivity contribution in [2.24, 2.45) is 0 Å². The molecule has 28 heavy (non-hydrogen) atoms. The number of hydrogen-bond donors (Lipinski definition) is 1. The molecule has 0 bridgehead atoms. The van der Waals surface area contributed by atoms with E-state index in [0.717, 1.165) is 18.4 Å². The molecule has 0 unspecified atom stereocenters. The molecule has 0 saturated carbocycles. The van der Waals surface area contributed by atoms with Crippen molar-refractivity contribution in [1.82, 2.24) is 15.0 Å². The van der Waals surface area contributed by atoms with Gasteiger partial charge in [0.2, 0.25) is 17.6 Å². The molecule has 1 aliphatic rings. The largest absolute Gasteiger partial charge is 0.459 e. The molecule has 1 aromatic carbocycles. The summed E-state index contributed by atoms with van der Waals surface area (Å²) >= 11 is 0. The third-order valence-electron chi connectivity index (χ3n) is 4.70. The lowest BCUT2D eigenvalue weighted by Crippen LogP contribution is -2.39. The van der Waals surface area contributed by atoms with Crippen molar-refractivity contribution in [3.8, 4) is 11.4 Å². The van der Waals surface area contributed by atoms with Gasteiger partial charge in [-0.1, -0.05) is 5.16 Å². The van der Waals surface area contributed by atoms with Gasteiger partial charge in [-0.3, -0.25) is 9.59 Å². The Hall–Kier alpha value is -3.42. The first-order chi connectivity index (χ1) is 13.6. The maximum Gasteiger partial charge on any atom is 0.289 e. The number of likely N-dealkylation sites (tertiary alicyclic amines) is 1. The Balaban J connectivity index is 1.46. The molecule has 1 saturated heterocycles. The third kappa shape index (κ3) is 3.80. The molecule has 144 valence electrons. The van der Waals surface area contributed by atoms with Crippen LogP contribution in [-0.2, 0) is 4.79 Å². The highest BCUT2D eigenvalue weighted by atomic mass is 16.5. The summed E-state index contributed by atoms with van der Waals surface area (Å²) in [5.74, 6) is 1.10. The molecule has 0 spiro atoms. The average molecular weight is 380 g/mol. The molecule has 3 aromatic rings. The van der Waals surface area contributed by atoms with Crippen LogP contribution in [0.15, 0.2) is 51.6 Å². The Bertz CT molecular complexity index is 963. The molecular weight excluding hydrogens is 360 g/mol. The van der Waals surface area contributed by atoms with Crippen molar-refractivity contribution in [2.45, 2.75) is 25.7 Å². The minimum absolute atomic E-state index is 0.00688. The van der Waals surface area contributed by atoms with Crippen LogP contribution in [0.3, 0.4) is 0 Å². The van der Waals surface area contributed by atoms with Gasteiger partial charge >= 0.3 is 0 Å². The van der Waals surface area contributed by atoms with E-state index in [1.807, 2.05) is 12.1 Å². The number of carbonyl (C=O) groups is 2. The average Bonchev–Trinajstić information content (AvgIpc) is 3.40. The van der Waals surface area contributed by atoms with Crippen LogP contribution in [0.2, 0.25) is 0 Å². The quantitative estimate of drug-likeness (QED) is 0.745. The first-order valence-corrected chi connectivity index (χ1v) is 9.14. The van der Waals surface area contributed by atoms with Crippen LogP contribution in [0.5, 0.6) is 0 Å². The predicted molar refractivity (Wildman–Crippen MR) is 101 cm³/mol. The molecule has 2 aromatic heterocycles. The SMILES string of the molecule is CC(=O)Nc1ccc(-c2noc([C@@H]3CCCN(C(=O)c4ccco4)C3)n2)cc1. The van der Waals surface area contributed by atoms with Gasteiger partial charge in [-0.05, 0) is 49.2 Å². The summed E-state index contributed by atoms with van der Waals surface area (Å²) in [6, 6.07) is 10.6. The lowest BCUT2D eigenvalue weighted by molar-refractivity contribution is -0.114. The van der Waals surface area contributed by atoms with Crippen molar-refractivity contribution >= 4 is 17.5 Å². The molecule has 1 aliphatic heterocycles. The Morgan fingerprint density at radius 1 is 1.21 bits per heavy atom. The first-order valence-electron chi connectivity index (χ1n) is 9.14. The molecule has 1 N–H and O–H groups in total. The van der Waals surface area contributed by atoms with Crippen LogP contribution in [-0.4, -0.2) is 39.9 Å². The standard InChI is InChI=1S/C20H20N4O4/c1-13(25)21-16-8-6-14(7-9-16)18-22-19(28-23-18)15-4-2-10-24(12-15)20(26)17-5-3-11-27-17/h3,5-9,11,15H,2,4,10,12H2,1H3,(H,21,25)/t15-/m1/s1. The number of nitrogens with one attached hydrogen (secondary N) is 1. The van der Waals surface area contributed by atoms with Crippen LogP contribution in [0.4, 0.5) is 5.69 Å². The Morgan fingerprint density at radius 3 is 2.75 bits per heavy atom. The number of aromatic nitrogens is 2. The van der Waals surface area contributed by atoms with Gasteiger partial charge in [0.25, 0.3) is 5.91 Å². The van der Waals surface area contributed by atoms with Gasteiger partial charge in [0.05, 0.1) is 12.2 Å². The smallest absolute Gasteiger partial charge is 0.289 e. The Morgan fingerprint density at radius 2 is 2.04 bits per heavy atom. The fraction of sp³-hybridized carbons (Fsp3) is 0.300. The van der Waals surface area contributed by atoms with Gasteiger partial charge in [-0.25, -0.2) is 0 Å². The van der Waals surface area contributed by atoms with Gasteiger partial charge in [-0.2, -0.15) is 4.98 Å². The van der Waals surface area contributed by atoms with Crippen LogP contribution in [0, 0.1) is 0 Å². The monoisotopic (exact) mass is 380 g/mol. The highest BCUT2D eigenvalue weighted by Gasteiger charge is 2.30. The summed E-state index contributed by atoms with van der Waals surface area (Å²) in [5, 5.41) is 6.80. The van der Waals surface area contributed by atoms with E-state index in [2.05, 4.69) is 15.5 Å². The summed E-state index contributed by atoms with van der Waals surface area (Å²) in [4.78, 5) is 29.9. The van der Waals surface area contributed by atoms with Gasteiger partial charge in [0, 0.05) is 31.3 Å². The van der Waals surface area contributed by atoms with Crippen molar-refractivity contribution < 1.29 is 18.5 Å². The Kier molecular flexibility index (Phi) is 4.92. The fourth-order valence-electron chi connectivity index (χ4n) is 3.34. The molecule has 1 fully saturated rings. The van der Waals surface area contributed by atoms with E-state index in [-0.39, 0.29) is 17.7 Å². The molecule has 3 heterocycles. The van der Waals surface area contributed by atoms with Gasteiger partial charge < -0.3 is 19.2 Å². The second-order valence-corrected chi connectivity index (χ2v) is 6.78. The highest BCUT2D eigenvalue weighted by molar-refractivity contribution is 5.91. The molecule has 1 atom stereocenters. The lowest BCUT2D eigenvalue weighted by atomic mass is 9.97. The van der Waals surface area contributed by atoms with E-state index in [9.17, 15) is 9.59 Å². The van der Waals surface area contributed by atoms with Crippen LogP contribution >= 0.6 is 0 Å². The number of hydrogen-bond acceptors (Lipinski definition) is 6. The highest BCUT2D eigenvalue weighted by Crippen LogP contribution is 2.28. The molecular formula is C20H20N4O4. The Labute approximate surface area is 161 Å². The fourth-order valence-corrected chi connectivity index (χ4v) is 3.34. The van der Waals surface area contributed by atoms with E-state index in [1.54, 1.807) is 29.2 Å². The number of nitrogens with zero attached hydrogens (tertiary/aromatic N) is 3. The number of anilines is 1. The van der Waals surface area contributed by atoms with Gasteiger partial charge in [0.1, 0.15) is 0 Å². The number of furan rings is 1. The van der Waals surface area contributed by atoms with E-state index in [4.69, 9.17) is 8.94 Å². The summed E-state index contributed by atoms with van der Waals surface area (Å²) in [6.45, 7) is 2.66. The summed E-state index contributed by atoms with van der Waals surface area (Å²) in [7, 11) is 0. The van der Waals surface area contributed by atoms with E-state index in [0.29, 0.717) is 36.3 Å². The van der Waals surface area contributed by atoms with Crippen molar-refractivity contribution in [2.75, 3.05) is 18.4 Å². The molecule has 2 amide bonds. The molecule has 0 aliphatic carbocycles. The molecule has 4 rings (SSSR count). The van der Waals surface area contributed by atoms with E-state index >= 15 is 0 Å². The van der Waals surface area contributed by atoms with Crippen LogP contribution < -0.4 is 5.32 Å². The zero-order valence-electron chi connectivity index (χ0n) is 15.4. The van der Waals surface area contributed by atoms with Crippen LogP contribution in [0.1, 0.15) is 42.1 Å². The number of amides is 2. The number of piperidine rings is 1. The number of benzene rings is 1. The van der Waals surface area contributed by atoms with Crippen LogP contribution in [0.25, 0.3) is 11.4 Å². The summed E-state index contributed by atoms with van der Waals surface area (Å²) in [5.41, 5.74) is 1.50. The second kappa shape index (κ2) is 7.67. The zero-order valence-corrected chi connectivity index (χ0v) is 15.4. The van der Waals surface area contributed by atoms with E-state index < -0.39 is 0 Å². The second-order valence-electron chi connectivity index (χ2n) is 6.78. The van der Waals surface area contributed by atoms with Crippen molar-refractivity contribution in [1.29, 1.82) is 0 Å². The van der Waals surface area contributed by atoms with E-state index in [1.165, 1.54) is 13.2 Å². The zero-order chi connectivity index (χ0) is 19.5. The first kappa shape index (κ1) is 18.0. The van der Waals surface area contributed by atoms with Crippen molar-refractivity contribution in [3.63, 3.8) is 0 Å². The van der Waals surface area contributed by atoms with Gasteiger partial charge in [0.15, 0.2) is 5.76 Å². The number of carbonyl (C=O) groups excluding carboxylic acids is 2. The minimum atomic E-state index is -0.124. The lowest BCUT2D eigenvalue weighted by Gasteiger charge is -2.30. The molecule has 8 nitrogen and oxygen atoms in total. The number of rotatable bonds is 4. The summed E-state index contributed by atoms with van der Waals surface area (Å²) in [6.07, 6.45) is 3.24. The molecule has 0 radical (unpaired) electrons. The minimum Gasteiger partial charge on any atom is -0.459 e. The predicted octanol–water partition coefficient (Wildman–Crippen LogP) is 3.31. The normalized spacial score (nSPS) is 16.8. The van der Waals surface area contributed by atoms with Gasteiger partial charge in [-0.15, -0.1) is 0 Å². The summed E-state index contributed by atoms with van der Waals surface area (Å²) < 4.78 is 10.7. The third-order valence-corrected chi connectivity index (χ3v) is 4.70. The van der Waals surface area contributed by atoms with Crippen molar-refractivity contribution in [3.05, 3.63) is 54.3 Å². The molecule has 8 heteroatoms. The maximum absolute atomic E-state index is 12.5. The topological polar surface area (TPSA) is 101 Å². The maximum atomic E-state index is 12.5.